The first-order chi connectivity index (χ1) is 9.78. The first-order valence-electron chi connectivity index (χ1n) is 6.43. The maximum Gasteiger partial charge on any atom is 0.205 e. The van der Waals surface area contributed by atoms with Crippen LogP contribution in [0.5, 0.6) is 0 Å². The van der Waals surface area contributed by atoms with Crippen molar-refractivity contribution in [3.8, 4) is 17.1 Å². The van der Waals surface area contributed by atoms with Crippen molar-refractivity contribution in [2.45, 2.75) is 13.5 Å². The summed E-state index contributed by atoms with van der Waals surface area (Å²) >= 11 is 0. The maximum atomic E-state index is 5.64. The van der Waals surface area contributed by atoms with Crippen LogP contribution in [0.3, 0.4) is 0 Å². The number of hydrogen-bond donors (Lipinski definition) is 1. The van der Waals surface area contributed by atoms with E-state index in [0.717, 1.165) is 22.4 Å². The Labute approximate surface area is 117 Å². The minimum absolute atomic E-state index is 0.529. The number of aryl methyl sites for hydroxylation is 1. The van der Waals surface area contributed by atoms with Crippen molar-refractivity contribution in [1.29, 1.82) is 0 Å². The van der Waals surface area contributed by atoms with Crippen molar-refractivity contribution in [3.63, 3.8) is 0 Å². The molecular formula is C15H15N5. The van der Waals surface area contributed by atoms with E-state index in [-0.39, 0.29) is 0 Å². The lowest BCUT2D eigenvalue weighted by Crippen LogP contribution is -2.03. The first kappa shape index (κ1) is 12.5. The molecule has 0 saturated carbocycles. The van der Waals surface area contributed by atoms with Crippen LogP contribution in [0, 0.1) is 6.92 Å². The molecule has 0 radical (unpaired) electrons. The second kappa shape index (κ2) is 5.22. The van der Waals surface area contributed by atoms with Crippen LogP contribution >= 0.6 is 0 Å². The van der Waals surface area contributed by atoms with Gasteiger partial charge in [0.2, 0.25) is 5.82 Å². The summed E-state index contributed by atoms with van der Waals surface area (Å²) < 4.78 is 0. The Kier molecular flexibility index (Phi) is 3.26. The summed E-state index contributed by atoms with van der Waals surface area (Å²) in [5.41, 5.74) is 9.67. The normalized spacial score (nSPS) is 10.7. The zero-order valence-corrected chi connectivity index (χ0v) is 11.2. The number of rotatable bonds is 3. The number of benzene rings is 2. The van der Waals surface area contributed by atoms with Gasteiger partial charge in [-0.2, -0.15) is 0 Å². The lowest BCUT2D eigenvalue weighted by molar-refractivity contribution is 0.715. The van der Waals surface area contributed by atoms with Crippen molar-refractivity contribution < 1.29 is 0 Å². The topological polar surface area (TPSA) is 69.6 Å². The fraction of sp³-hybridized carbons (Fsp3) is 0.133. The lowest BCUT2D eigenvalue weighted by Gasteiger charge is -2.05. The summed E-state index contributed by atoms with van der Waals surface area (Å²) in [5, 5.41) is 12.7. The summed E-state index contributed by atoms with van der Waals surface area (Å²) in [6.07, 6.45) is 0. The van der Waals surface area contributed by atoms with Gasteiger partial charge < -0.3 is 5.73 Å². The summed E-state index contributed by atoms with van der Waals surface area (Å²) in [4.78, 5) is 1.55. The van der Waals surface area contributed by atoms with Crippen LogP contribution in [0.4, 0.5) is 0 Å². The second-order valence-corrected chi connectivity index (χ2v) is 4.59. The number of nitrogens with zero attached hydrogens (tertiary/aromatic N) is 4. The Balaban J connectivity index is 1.98. The molecule has 5 nitrogen and oxygen atoms in total. The summed E-state index contributed by atoms with van der Waals surface area (Å²) in [6.45, 7) is 2.54. The largest absolute Gasteiger partial charge is 0.326 e. The van der Waals surface area contributed by atoms with Crippen LogP contribution in [-0.2, 0) is 6.54 Å². The van der Waals surface area contributed by atoms with Gasteiger partial charge in [-0.25, -0.2) is 0 Å². The van der Waals surface area contributed by atoms with E-state index < -0.39 is 0 Å². The molecule has 0 fully saturated rings. The molecule has 0 atom stereocenters. The van der Waals surface area contributed by atoms with Crippen molar-refractivity contribution >= 4 is 0 Å². The Morgan fingerprint density at radius 2 is 1.90 bits per heavy atom. The Morgan fingerprint density at radius 3 is 2.60 bits per heavy atom. The minimum atomic E-state index is 0.529. The van der Waals surface area contributed by atoms with Gasteiger partial charge in [0.25, 0.3) is 0 Å². The highest BCUT2D eigenvalue weighted by Gasteiger charge is 2.08. The summed E-state index contributed by atoms with van der Waals surface area (Å²) in [6, 6.07) is 15.8. The fourth-order valence-corrected chi connectivity index (χ4v) is 2.09. The van der Waals surface area contributed by atoms with Crippen molar-refractivity contribution in [1.82, 2.24) is 20.2 Å². The maximum absolute atomic E-state index is 5.64. The number of tetrazole rings is 1. The van der Waals surface area contributed by atoms with Gasteiger partial charge in [0, 0.05) is 12.1 Å². The second-order valence-electron chi connectivity index (χ2n) is 4.59. The molecular weight excluding hydrogens is 250 g/mol. The SMILES string of the molecule is Cc1cc(CN)ccc1-n1nnc(-c2ccccc2)n1. The summed E-state index contributed by atoms with van der Waals surface area (Å²) in [5.74, 6) is 0.618. The molecule has 0 amide bonds. The van der Waals surface area contributed by atoms with Crippen molar-refractivity contribution in [3.05, 3.63) is 59.7 Å². The monoisotopic (exact) mass is 265 g/mol. The van der Waals surface area contributed by atoms with Crippen LogP contribution in [0.25, 0.3) is 17.1 Å². The van der Waals surface area contributed by atoms with E-state index in [0.29, 0.717) is 12.4 Å². The fourth-order valence-electron chi connectivity index (χ4n) is 2.09. The van der Waals surface area contributed by atoms with Gasteiger partial charge in [-0.3, -0.25) is 0 Å². The molecule has 3 rings (SSSR count). The molecule has 0 aliphatic rings. The quantitative estimate of drug-likeness (QED) is 0.787. The standard InChI is InChI=1S/C15H15N5/c1-11-9-12(10-16)7-8-14(11)20-18-15(17-19-20)13-5-3-2-4-6-13/h2-9H,10,16H2,1H3. The molecule has 0 saturated heterocycles. The smallest absolute Gasteiger partial charge is 0.205 e. The molecule has 1 aromatic heterocycles. The van der Waals surface area contributed by atoms with E-state index in [4.69, 9.17) is 5.73 Å². The average Bonchev–Trinajstić information content (AvgIpc) is 2.97. The first-order valence-corrected chi connectivity index (χ1v) is 6.43. The molecule has 0 spiro atoms. The van der Waals surface area contributed by atoms with Gasteiger partial charge in [-0.05, 0) is 29.3 Å². The van der Waals surface area contributed by atoms with Gasteiger partial charge in [-0.15, -0.1) is 15.0 Å². The van der Waals surface area contributed by atoms with Gasteiger partial charge in [0.15, 0.2) is 0 Å². The van der Waals surface area contributed by atoms with E-state index in [1.54, 1.807) is 4.80 Å². The van der Waals surface area contributed by atoms with Gasteiger partial charge in [-0.1, -0.05) is 42.5 Å². The Morgan fingerprint density at radius 1 is 1.10 bits per heavy atom. The lowest BCUT2D eigenvalue weighted by atomic mass is 10.1. The third-order valence-corrected chi connectivity index (χ3v) is 3.16. The highest BCUT2D eigenvalue weighted by molar-refractivity contribution is 5.53. The zero-order valence-electron chi connectivity index (χ0n) is 11.2. The van der Waals surface area contributed by atoms with E-state index in [1.807, 2.05) is 55.5 Å². The van der Waals surface area contributed by atoms with Crippen molar-refractivity contribution in [2.75, 3.05) is 0 Å². The Bertz CT molecular complexity index is 718. The highest BCUT2D eigenvalue weighted by atomic mass is 15.6. The highest BCUT2D eigenvalue weighted by Crippen LogP contribution is 2.17. The predicted octanol–water partition coefficient (Wildman–Crippen LogP) is 2.10. The molecule has 2 N–H and O–H groups in total. The number of hydrogen-bond acceptors (Lipinski definition) is 4. The van der Waals surface area contributed by atoms with E-state index in [9.17, 15) is 0 Å². The van der Waals surface area contributed by atoms with Gasteiger partial charge in [0.1, 0.15) is 0 Å². The molecule has 0 aliphatic heterocycles. The predicted molar refractivity (Wildman–Crippen MR) is 77.2 cm³/mol. The molecule has 2 aromatic carbocycles. The van der Waals surface area contributed by atoms with Crippen molar-refractivity contribution in [2.24, 2.45) is 5.73 Å². The van der Waals surface area contributed by atoms with E-state index in [1.165, 1.54) is 0 Å². The molecule has 5 heteroatoms. The number of nitrogens with two attached hydrogens (primary N) is 1. The van der Waals surface area contributed by atoms with Gasteiger partial charge in [0.05, 0.1) is 5.69 Å². The minimum Gasteiger partial charge on any atom is -0.326 e. The average molecular weight is 265 g/mol. The van der Waals surface area contributed by atoms with Crippen LogP contribution in [0.1, 0.15) is 11.1 Å². The molecule has 0 aliphatic carbocycles. The van der Waals surface area contributed by atoms with E-state index in [2.05, 4.69) is 15.4 Å². The molecule has 1 heterocycles. The molecule has 0 unspecified atom stereocenters. The molecule has 0 bridgehead atoms. The van der Waals surface area contributed by atoms with Crippen LogP contribution in [0.2, 0.25) is 0 Å². The third kappa shape index (κ3) is 2.31. The molecule has 100 valence electrons. The van der Waals surface area contributed by atoms with Gasteiger partial charge >= 0.3 is 0 Å². The van der Waals surface area contributed by atoms with Crippen LogP contribution < -0.4 is 5.73 Å². The summed E-state index contributed by atoms with van der Waals surface area (Å²) in [7, 11) is 0. The zero-order chi connectivity index (χ0) is 13.9. The van der Waals surface area contributed by atoms with E-state index >= 15 is 0 Å². The molecule has 20 heavy (non-hydrogen) atoms. The number of aromatic nitrogens is 4. The van der Waals surface area contributed by atoms with Crippen LogP contribution in [-0.4, -0.2) is 20.2 Å². The third-order valence-electron chi connectivity index (χ3n) is 3.16. The molecule has 3 aromatic rings. The Hall–Kier alpha value is -2.53. The van der Waals surface area contributed by atoms with Crippen LogP contribution in [0.15, 0.2) is 48.5 Å².